The van der Waals surface area contributed by atoms with E-state index in [1.165, 1.54) is 72.3 Å². The molecule has 9 aromatic carbocycles. The van der Waals surface area contributed by atoms with Gasteiger partial charge in [-0.15, -0.1) is 0 Å². The summed E-state index contributed by atoms with van der Waals surface area (Å²) >= 11 is 0. The van der Waals surface area contributed by atoms with E-state index in [-0.39, 0.29) is 5.92 Å². The van der Waals surface area contributed by atoms with Crippen molar-refractivity contribution in [2.75, 3.05) is 4.90 Å². The summed E-state index contributed by atoms with van der Waals surface area (Å²) in [6, 6.07) is 84.0. The molecule has 0 fully saturated rings. The van der Waals surface area contributed by atoms with Crippen LogP contribution in [0.4, 0.5) is 17.1 Å². The largest absolute Gasteiger partial charge is 0.310 e. The van der Waals surface area contributed by atoms with E-state index >= 15 is 0 Å². The van der Waals surface area contributed by atoms with Crippen LogP contribution in [0.2, 0.25) is 0 Å². The van der Waals surface area contributed by atoms with Crippen molar-refractivity contribution in [1.82, 2.24) is 0 Å². The summed E-state index contributed by atoms with van der Waals surface area (Å²) in [5, 5.41) is 0. The van der Waals surface area contributed by atoms with E-state index in [0.717, 1.165) is 17.1 Å². The van der Waals surface area contributed by atoms with Gasteiger partial charge in [0.25, 0.3) is 0 Å². The highest BCUT2D eigenvalue weighted by Gasteiger charge is 2.27. The Morgan fingerprint density at radius 3 is 1.28 bits per heavy atom. The van der Waals surface area contributed by atoms with E-state index in [2.05, 4.69) is 254 Å². The van der Waals surface area contributed by atoms with Crippen LogP contribution in [0.15, 0.2) is 237 Å². The van der Waals surface area contributed by atoms with Crippen LogP contribution in [-0.4, -0.2) is 0 Å². The summed E-state index contributed by atoms with van der Waals surface area (Å²) < 4.78 is 0. The standard InChI is InChI=1S/C59H45N/c1-42-26-27-49-24-14-15-25-57(49)59(42)50-32-37-56(48-22-12-5-13-23-48)58(41-50)60(54-33-28-46(29-34-54)43-16-6-2-7-17-43)55-35-30-47(31-36-55)53-39-51(44-18-8-3-9-19-44)38-52(40-53)45-20-10-4-11-21-45/h2-42,59H,1H3. The Hall–Kier alpha value is -7.48. The highest BCUT2D eigenvalue weighted by atomic mass is 15.1. The smallest absolute Gasteiger partial charge is 0.0542 e. The lowest BCUT2D eigenvalue weighted by Crippen LogP contribution is -2.16. The summed E-state index contributed by atoms with van der Waals surface area (Å²) in [6.45, 7) is 2.34. The van der Waals surface area contributed by atoms with E-state index in [4.69, 9.17) is 0 Å². The zero-order valence-corrected chi connectivity index (χ0v) is 33.7. The lowest BCUT2D eigenvalue weighted by molar-refractivity contribution is 0.619. The van der Waals surface area contributed by atoms with Crippen LogP contribution in [0, 0.1) is 5.92 Å². The molecular weight excluding hydrogens is 723 g/mol. The van der Waals surface area contributed by atoms with Crippen LogP contribution in [-0.2, 0) is 0 Å². The first-order chi connectivity index (χ1) is 29.7. The Balaban J connectivity index is 1.14. The highest BCUT2D eigenvalue weighted by Crippen LogP contribution is 2.46. The number of allylic oxidation sites excluding steroid dienone is 1. The molecule has 0 amide bonds. The Labute approximate surface area is 354 Å². The summed E-state index contributed by atoms with van der Waals surface area (Å²) in [4.78, 5) is 2.45. The van der Waals surface area contributed by atoms with Crippen LogP contribution >= 0.6 is 0 Å². The molecule has 0 spiro atoms. The second-order valence-electron chi connectivity index (χ2n) is 15.8. The van der Waals surface area contributed by atoms with Crippen molar-refractivity contribution in [3.05, 3.63) is 253 Å². The molecule has 10 rings (SSSR count). The molecule has 2 unspecified atom stereocenters. The lowest BCUT2D eigenvalue weighted by atomic mass is 9.76. The van der Waals surface area contributed by atoms with Gasteiger partial charge in [-0.25, -0.2) is 0 Å². The third-order valence-corrected chi connectivity index (χ3v) is 12.0. The topological polar surface area (TPSA) is 3.24 Å². The fourth-order valence-corrected chi connectivity index (χ4v) is 8.92. The van der Waals surface area contributed by atoms with Gasteiger partial charge in [0.2, 0.25) is 0 Å². The molecule has 0 N–H and O–H groups in total. The first kappa shape index (κ1) is 36.8. The Bertz CT molecular complexity index is 2840. The molecule has 1 aliphatic carbocycles. The molecule has 0 saturated heterocycles. The molecule has 0 heterocycles. The van der Waals surface area contributed by atoms with E-state index in [1.807, 2.05) is 0 Å². The normalized spacial score (nSPS) is 14.3. The second kappa shape index (κ2) is 16.4. The second-order valence-corrected chi connectivity index (χ2v) is 15.8. The number of fused-ring (bicyclic) bond motifs is 1. The fourth-order valence-electron chi connectivity index (χ4n) is 8.92. The molecule has 0 saturated carbocycles. The molecule has 9 aromatic rings. The SMILES string of the molecule is CC1C=Cc2ccccc2C1c1ccc(-c2ccccc2)c(N(c2ccc(-c3ccccc3)cc2)c2ccc(-c3cc(-c4ccccc4)cc(-c4ccccc4)c3)cc2)c1. The van der Waals surface area contributed by atoms with Crippen molar-refractivity contribution < 1.29 is 0 Å². The molecule has 1 heteroatoms. The number of nitrogens with zero attached hydrogens (tertiary/aromatic N) is 1. The maximum absolute atomic E-state index is 2.45. The first-order valence-electron chi connectivity index (χ1n) is 20.9. The van der Waals surface area contributed by atoms with Gasteiger partial charge in [0, 0.05) is 22.9 Å². The van der Waals surface area contributed by atoms with Gasteiger partial charge in [0.05, 0.1) is 5.69 Å². The molecule has 0 aromatic heterocycles. The van der Waals surface area contributed by atoms with Gasteiger partial charge in [-0.05, 0) is 121 Å². The van der Waals surface area contributed by atoms with Crippen LogP contribution in [0.5, 0.6) is 0 Å². The average Bonchev–Trinajstić information content (AvgIpc) is 3.33. The fraction of sp³-hybridized carbons (Fsp3) is 0.0508. The number of hydrogen-bond donors (Lipinski definition) is 0. The van der Waals surface area contributed by atoms with Crippen molar-refractivity contribution in [2.24, 2.45) is 5.92 Å². The van der Waals surface area contributed by atoms with Crippen LogP contribution in [0.1, 0.15) is 29.5 Å². The van der Waals surface area contributed by atoms with Crippen molar-refractivity contribution in [3.8, 4) is 55.6 Å². The third-order valence-electron chi connectivity index (χ3n) is 12.0. The summed E-state index contributed by atoms with van der Waals surface area (Å²) in [6.07, 6.45) is 4.66. The predicted octanol–water partition coefficient (Wildman–Crippen LogP) is 16.3. The number of rotatable bonds is 9. The number of hydrogen-bond acceptors (Lipinski definition) is 1. The van der Waals surface area contributed by atoms with Crippen LogP contribution in [0.3, 0.4) is 0 Å². The third kappa shape index (κ3) is 7.39. The van der Waals surface area contributed by atoms with Gasteiger partial charge in [-0.3, -0.25) is 0 Å². The van der Waals surface area contributed by atoms with Crippen molar-refractivity contribution in [1.29, 1.82) is 0 Å². The van der Waals surface area contributed by atoms with Gasteiger partial charge in [-0.1, -0.05) is 201 Å². The van der Waals surface area contributed by atoms with E-state index in [9.17, 15) is 0 Å². The van der Waals surface area contributed by atoms with Crippen molar-refractivity contribution >= 4 is 23.1 Å². The molecule has 1 aliphatic rings. The van der Waals surface area contributed by atoms with Gasteiger partial charge < -0.3 is 4.90 Å². The van der Waals surface area contributed by atoms with Gasteiger partial charge in [0.1, 0.15) is 0 Å². The van der Waals surface area contributed by atoms with Gasteiger partial charge in [-0.2, -0.15) is 0 Å². The van der Waals surface area contributed by atoms with Crippen molar-refractivity contribution in [2.45, 2.75) is 12.8 Å². The summed E-state index contributed by atoms with van der Waals surface area (Å²) in [7, 11) is 0. The number of anilines is 3. The minimum absolute atomic E-state index is 0.232. The maximum atomic E-state index is 2.45. The lowest BCUT2D eigenvalue weighted by Gasteiger charge is -2.32. The van der Waals surface area contributed by atoms with E-state index < -0.39 is 0 Å². The molecule has 2 atom stereocenters. The molecule has 0 radical (unpaired) electrons. The van der Waals surface area contributed by atoms with Gasteiger partial charge >= 0.3 is 0 Å². The highest BCUT2D eigenvalue weighted by molar-refractivity contribution is 5.90. The molecule has 0 aliphatic heterocycles. The molecular formula is C59H45N. The predicted molar refractivity (Wildman–Crippen MR) is 255 cm³/mol. The molecule has 60 heavy (non-hydrogen) atoms. The Morgan fingerprint density at radius 2 is 0.767 bits per heavy atom. The summed E-state index contributed by atoms with van der Waals surface area (Å²) in [5.41, 5.74) is 19.3. The average molecular weight is 768 g/mol. The first-order valence-corrected chi connectivity index (χ1v) is 20.9. The zero-order chi connectivity index (χ0) is 40.3. The number of benzene rings is 9. The summed E-state index contributed by atoms with van der Waals surface area (Å²) in [5.74, 6) is 0.579. The monoisotopic (exact) mass is 767 g/mol. The molecule has 1 nitrogen and oxygen atoms in total. The molecule has 286 valence electrons. The van der Waals surface area contributed by atoms with E-state index in [0.29, 0.717) is 5.92 Å². The van der Waals surface area contributed by atoms with E-state index in [1.54, 1.807) is 0 Å². The zero-order valence-electron chi connectivity index (χ0n) is 33.7. The minimum Gasteiger partial charge on any atom is -0.310 e. The minimum atomic E-state index is 0.232. The maximum Gasteiger partial charge on any atom is 0.0542 e. The Morgan fingerprint density at radius 1 is 0.350 bits per heavy atom. The Kier molecular flexibility index (Phi) is 10.1. The van der Waals surface area contributed by atoms with Crippen LogP contribution in [0.25, 0.3) is 61.7 Å². The van der Waals surface area contributed by atoms with Gasteiger partial charge in [0.15, 0.2) is 0 Å². The quantitative estimate of drug-likeness (QED) is 0.141. The van der Waals surface area contributed by atoms with Crippen molar-refractivity contribution in [3.63, 3.8) is 0 Å². The molecule has 0 bridgehead atoms. The van der Waals surface area contributed by atoms with Crippen LogP contribution < -0.4 is 4.90 Å².